The first-order valence-electron chi connectivity index (χ1n) is 8.37. The minimum atomic E-state index is 0.777. The van der Waals surface area contributed by atoms with Crippen molar-refractivity contribution in [2.24, 2.45) is 9.98 Å². The third-order valence-corrected chi connectivity index (χ3v) is 4.98. The summed E-state index contributed by atoms with van der Waals surface area (Å²) in [7, 11) is 0. The van der Waals surface area contributed by atoms with Crippen LogP contribution < -0.4 is 5.32 Å². The summed E-state index contributed by atoms with van der Waals surface area (Å²) in [4.78, 5) is 9.69. The fourth-order valence-electron chi connectivity index (χ4n) is 3.89. The Labute approximate surface area is 144 Å². The van der Waals surface area contributed by atoms with Crippen molar-refractivity contribution in [3.63, 3.8) is 0 Å². The second-order valence-electron chi connectivity index (χ2n) is 6.41. The number of amidine groups is 2. The van der Waals surface area contributed by atoms with Crippen molar-refractivity contribution in [1.29, 1.82) is 0 Å². The molecule has 25 heavy (non-hydrogen) atoms. The Balaban J connectivity index is 1.56. The summed E-state index contributed by atoms with van der Waals surface area (Å²) in [5.41, 5.74) is 4.35. The smallest absolute Gasteiger partial charge is 0.162 e. The van der Waals surface area contributed by atoms with Crippen LogP contribution in [0.5, 0.6) is 0 Å². The molecule has 0 amide bonds. The highest BCUT2D eigenvalue weighted by Crippen LogP contribution is 2.37. The van der Waals surface area contributed by atoms with Crippen molar-refractivity contribution in [2.45, 2.75) is 0 Å². The molecule has 0 spiro atoms. The van der Waals surface area contributed by atoms with Gasteiger partial charge in [0, 0.05) is 27.6 Å². The van der Waals surface area contributed by atoms with E-state index >= 15 is 0 Å². The quantitative estimate of drug-likeness (QED) is 0.472. The standard InChI is InChI=1S/C22H13N3/c1-5-13-7-3-11-17-19(13)15(9-1)21(23-17)25-22-16-10-2-6-14-8-4-12-18(24-22)20(14)16/h1-12H,(H,23,24,25). The Morgan fingerprint density at radius 2 is 1.36 bits per heavy atom. The zero-order chi connectivity index (χ0) is 16.4. The number of benzene rings is 4. The van der Waals surface area contributed by atoms with Crippen LogP contribution >= 0.6 is 0 Å². The highest BCUT2D eigenvalue weighted by Gasteiger charge is 2.23. The van der Waals surface area contributed by atoms with Gasteiger partial charge >= 0.3 is 0 Å². The van der Waals surface area contributed by atoms with Gasteiger partial charge in [-0.15, -0.1) is 0 Å². The molecule has 2 heterocycles. The number of anilines is 1. The Hall–Kier alpha value is -3.46. The van der Waals surface area contributed by atoms with Crippen molar-refractivity contribution in [3.8, 4) is 0 Å². The Morgan fingerprint density at radius 3 is 2.20 bits per heavy atom. The predicted molar refractivity (Wildman–Crippen MR) is 104 cm³/mol. The van der Waals surface area contributed by atoms with Crippen LogP contribution in [0.25, 0.3) is 21.5 Å². The molecule has 0 saturated heterocycles. The van der Waals surface area contributed by atoms with Crippen LogP contribution in [0.3, 0.4) is 0 Å². The van der Waals surface area contributed by atoms with Gasteiger partial charge in [0.2, 0.25) is 0 Å². The van der Waals surface area contributed by atoms with E-state index in [0.29, 0.717) is 0 Å². The van der Waals surface area contributed by atoms with Crippen LogP contribution in [0.1, 0.15) is 11.1 Å². The minimum absolute atomic E-state index is 0.777. The number of aliphatic imine (C=N–C) groups is 2. The monoisotopic (exact) mass is 319 g/mol. The van der Waals surface area contributed by atoms with Gasteiger partial charge < -0.3 is 5.32 Å². The molecule has 0 aromatic heterocycles. The van der Waals surface area contributed by atoms with E-state index in [0.717, 1.165) is 34.2 Å². The lowest BCUT2D eigenvalue weighted by Gasteiger charge is -2.03. The molecule has 0 fully saturated rings. The van der Waals surface area contributed by atoms with Crippen LogP contribution in [0, 0.1) is 0 Å². The molecule has 0 radical (unpaired) electrons. The summed E-state index contributed by atoms with van der Waals surface area (Å²) in [5, 5.41) is 8.33. The summed E-state index contributed by atoms with van der Waals surface area (Å²) in [6.07, 6.45) is 0. The molecule has 4 aromatic rings. The number of hydrogen-bond acceptors (Lipinski definition) is 2. The van der Waals surface area contributed by atoms with Gasteiger partial charge in [-0.2, -0.15) is 0 Å². The second-order valence-corrected chi connectivity index (χ2v) is 6.41. The van der Waals surface area contributed by atoms with E-state index in [9.17, 15) is 0 Å². The highest BCUT2D eigenvalue weighted by atomic mass is 15.1. The van der Waals surface area contributed by atoms with Gasteiger partial charge in [0.05, 0.1) is 5.69 Å². The van der Waals surface area contributed by atoms with Gasteiger partial charge in [-0.3, -0.25) is 0 Å². The van der Waals surface area contributed by atoms with Crippen LogP contribution in [0.4, 0.5) is 11.4 Å². The average molecular weight is 319 g/mol. The van der Waals surface area contributed by atoms with Crippen molar-refractivity contribution in [3.05, 3.63) is 83.9 Å². The molecule has 3 heteroatoms. The lowest BCUT2D eigenvalue weighted by molar-refractivity contribution is 1.53. The Morgan fingerprint density at radius 1 is 0.680 bits per heavy atom. The molecule has 3 nitrogen and oxygen atoms in total. The van der Waals surface area contributed by atoms with Gasteiger partial charge in [0.25, 0.3) is 0 Å². The molecule has 0 atom stereocenters. The molecule has 0 unspecified atom stereocenters. The topological polar surface area (TPSA) is 36.8 Å². The molecular weight excluding hydrogens is 306 g/mol. The zero-order valence-corrected chi connectivity index (χ0v) is 13.3. The summed E-state index contributed by atoms with van der Waals surface area (Å²) < 4.78 is 0. The van der Waals surface area contributed by atoms with Crippen molar-refractivity contribution >= 4 is 44.6 Å². The Bertz CT molecular complexity index is 1250. The van der Waals surface area contributed by atoms with E-state index in [1.54, 1.807) is 0 Å². The molecule has 1 N–H and O–H groups in total. The molecule has 6 rings (SSSR count). The summed E-state index contributed by atoms with van der Waals surface area (Å²) in [5.74, 6) is 1.65. The maximum absolute atomic E-state index is 4.91. The van der Waals surface area contributed by atoms with Crippen molar-refractivity contribution in [1.82, 2.24) is 0 Å². The predicted octanol–water partition coefficient (Wildman–Crippen LogP) is 5.26. The maximum atomic E-state index is 4.91. The fraction of sp³-hybridized carbons (Fsp3) is 0. The maximum Gasteiger partial charge on any atom is 0.162 e. The van der Waals surface area contributed by atoms with Gasteiger partial charge in [-0.05, 0) is 22.9 Å². The van der Waals surface area contributed by atoms with Crippen LogP contribution in [-0.2, 0) is 0 Å². The molecule has 0 saturated carbocycles. The lowest BCUT2D eigenvalue weighted by atomic mass is 10.0. The SMILES string of the molecule is c1cc2c3c(cccc3c1)C(N=C1Nc3cccc4cccc1c34)=N2. The molecule has 116 valence electrons. The first-order chi connectivity index (χ1) is 12.4. The number of rotatable bonds is 0. The van der Waals surface area contributed by atoms with Crippen LogP contribution in [0.15, 0.2) is 82.8 Å². The van der Waals surface area contributed by atoms with E-state index < -0.39 is 0 Å². The number of hydrogen-bond donors (Lipinski definition) is 1. The molecule has 4 aromatic carbocycles. The summed E-state index contributed by atoms with van der Waals surface area (Å²) >= 11 is 0. The lowest BCUT2D eigenvalue weighted by Crippen LogP contribution is -2.10. The molecule has 0 aliphatic carbocycles. The Kier molecular flexibility index (Phi) is 2.35. The summed E-state index contributed by atoms with van der Waals surface area (Å²) in [6, 6.07) is 25.2. The fourth-order valence-corrected chi connectivity index (χ4v) is 3.89. The highest BCUT2D eigenvalue weighted by molar-refractivity contribution is 6.30. The van der Waals surface area contributed by atoms with E-state index in [1.165, 1.54) is 21.5 Å². The molecular formula is C22H13N3. The van der Waals surface area contributed by atoms with Gasteiger partial charge in [-0.1, -0.05) is 60.7 Å². The van der Waals surface area contributed by atoms with Crippen LogP contribution in [0.2, 0.25) is 0 Å². The van der Waals surface area contributed by atoms with E-state index in [2.05, 4.69) is 72.0 Å². The van der Waals surface area contributed by atoms with Crippen LogP contribution in [-0.4, -0.2) is 11.7 Å². The number of nitrogens with one attached hydrogen (secondary N) is 1. The molecule has 2 aliphatic heterocycles. The third kappa shape index (κ3) is 1.69. The van der Waals surface area contributed by atoms with Crippen molar-refractivity contribution in [2.75, 3.05) is 5.32 Å². The van der Waals surface area contributed by atoms with E-state index in [1.807, 2.05) is 6.07 Å². The normalized spacial score (nSPS) is 15.8. The first kappa shape index (κ1) is 12.9. The van der Waals surface area contributed by atoms with E-state index in [-0.39, 0.29) is 0 Å². The largest absolute Gasteiger partial charge is 0.339 e. The average Bonchev–Trinajstić information content (AvgIpc) is 3.18. The van der Waals surface area contributed by atoms with Crippen molar-refractivity contribution < 1.29 is 0 Å². The van der Waals surface area contributed by atoms with Gasteiger partial charge in [-0.25, -0.2) is 9.98 Å². The molecule has 0 bridgehead atoms. The summed E-state index contributed by atoms with van der Waals surface area (Å²) in [6.45, 7) is 0. The zero-order valence-electron chi connectivity index (χ0n) is 13.3. The third-order valence-electron chi connectivity index (χ3n) is 4.98. The minimum Gasteiger partial charge on any atom is -0.339 e. The van der Waals surface area contributed by atoms with E-state index in [4.69, 9.17) is 9.98 Å². The number of nitrogens with zero attached hydrogens (tertiary/aromatic N) is 2. The first-order valence-corrected chi connectivity index (χ1v) is 8.37. The molecule has 2 aliphatic rings. The van der Waals surface area contributed by atoms with Gasteiger partial charge in [0.15, 0.2) is 5.84 Å². The second kappa shape index (κ2) is 4.54. The van der Waals surface area contributed by atoms with Gasteiger partial charge in [0.1, 0.15) is 5.84 Å².